The van der Waals surface area contributed by atoms with E-state index in [0.717, 1.165) is 17.9 Å². The monoisotopic (exact) mass is 272 g/mol. The molecule has 1 unspecified atom stereocenters. The standard InChI is InChI=1S/C19H28O/c1-14(13-19(2,3)4)12-18(20)17-10-8-16(9-11-17)15-6-5-7-15/h8-11,14-15H,5-7,12-13H2,1-4H3. The second-order valence-corrected chi connectivity index (χ2v) is 7.75. The third kappa shape index (κ3) is 4.19. The fraction of sp³-hybridized carbons (Fsp3) is 0.632. The van der Waals surface area contributed by atoms with Gasteiger partial charge in [0.2, 0.25) is 0 Å². The van der Waals surface area contributed by atoms with E-state index in [1.54, 1.807) is 0 Å². The molecule has 0 bridgehead atoms. The number of hydrogen-bond donors (Lipinski definition) is 0. The van der Waals surface area contributed by atoms with Crippen LogP contribution in [0, 0.1) is 11.3 Å². The van der Waals surface area contributed by atoms with Gasteiger partial charge in [-0.25, -0.2) is 0 Å². The molecule has 1 aliphatic rings. The third-order valence-electron chi connectivity index (χ3n) is 4.30. The van der Waals surface area contributed by atoms with Gasteiger partial charge < -0.3 is 0 Å². The molecule has 1 aromatic rings. The molecule has 0 N–H and O–H groups in total. The predicted molar refractivity (Wildman–Crippen MR) is 85.2 cm³/mol. The van der Waals surface area contributed by atoms with Crippen LogP contribution in [0.3, 0.4) is 0 Å². The summed E-state index contributed by atoms with van der Waals surface area (Å²) in [6.45, 7) is 8.90. The summed E-state index contributed by atoms with van der Waals surface area (Å²) in [4.78, 5) is 12.3. The van der Waals surface area contributed by atoms with Crippen molar-refractivity contribution in [3.8, 4) is 0 Å². The van der Waals surface area contributed by atoms with Gasteiger partial charge in [-0.1, -0.05) is 58.4 Å². The average Bonchev–Trinajstić information content (AvgIpc) is 2.24. The fourth-order valence-corrected chi connectivity index (χ4v) is 3.23. The summed E-state index contributed by atoms with van der Waals surface area (Å²) >= 11 is 0. The highest BCUT2D eigenvalue weighted by molar-refractivity contribution is 5.96. The highest BCUT2D eigenvalue weighted by atomic mass is 16.1. The van der Waals surface area contributed by atoms with Crippen LogP contribution in [0.4, 0.5) is 0 Å². The minimum Gasteiger partial charge on any atom is -0.294 e. The predicted octanol–water partition coefficient (Wildman–Crippen LogP) is 5.60. The Labute approximate surface area is 123 Å². The molecular formula is C19H28O. The van der Waals surface area contributed by atoms with Crippen LogP contribution >= 0.6 is 0 Å². The van der Waals surface area contributed by atoms with E-state index in [-0.39, 0.29) is 0 Å². The Morgan fingerprint density at radius 3 is 2.25 bits per heavy atom. The zero-order chi connectivity index (χ0) is 14.8. The van der Waals surface area contributed by atoms with Crippen LogP contribution in [0.1, 0.15) is 81.6 Å². The summed E-state index contributed by atoms with van der Waals surface area (Å²) in [6.07, 6.45) is 5.75. The van der Waals surface area contributed by atoms with Gasteiger partial charge in [-0.05, 0) is 42.1 Å². The maximum atomic E-state index is 12.3. The van der Waals surface area contributed by atoms with E-state index in [4.69, 9.17) is 0 Å². The third-order valence-corrected chi connectivity index (χ3v) is 4.30. The van der Waals surface area contributed by atoms with Crippen LogP contribution in [0.2, 0.25) is 0 Å². The van der Waals surface area contributed by atoms with E-state index in [2.05, 4.69) is 39.8 Å². The Morgan fingerprint density at radius 2 is 1.80 bits per heavy atom. The smallest absolute Gasteiger partial charge is 0.163 e. The number of ketones is 1. The van der Waals surface area contributed by atoms with Crippen LogP contribution in [0.15, 0.2) is 24.3 Å². The van der Waals surface area contributed by atoms with E-state index in [1.807, 2.05) is 12.1 Å². The maximum Gasteiger partial charge on any atom is 0.163 e. The van der Waals surface area contributed by atoms with Gasteiger partial charge in [-0.2, -0.15) is 0 Å². The van der Waals surface area contributed by atoms with Crippen molar-refractivity contribution in [1.29, 1.82) is 0 Å². The van der Waals surface area contributed by atoms with E-state index in [9.17, 15) is 4.79 Å². The molecule has 2 rings (SSSR count). The highest BCUT2D eigenvalue weighted by Gasteiger charge is 2.21. The van der Waals surface area contributed by atoms with Gasteiger partial charge in [0.15, 0.2) is 5.78 Å². The van der Waals surface area contributed by atoms with Gasteiger partial charge in [-0.3, -0.25) is 4.79 Å². The molecule has 0 radical (unpaired) electrons. The molecule has 0 spiro atoms. The Bertz CT molecular complexity index is 446. The lowest BCUT2D eigenvalue weighted by molar-refractivity contribution is 0.0954. The van der Waals surface area contributed by atoms with Gasteiger partial charge in [0.25, 0.3) is 0 Å². The molecule has 1 heteroatoms. The maximum absolute atomic E-state index is 12.3. The van der Waals surface area contributed by atoms with Crippen molar-refractivity contribution in [3.63, 3.8) is 0 Å². The molecule has 1 aliphatic carbocycles. The van der Waals surface area contributed by atoms with Crippen molar-refractivity contribution < 1.29 is 4.79 Å². The minimum atomic E-state index is 0.293. The Balaban J connectivity index is 1.91. The van der Waals surface area contributed by atoms with E-state index in [0.29, 0.717) is 23.5 Å². The van der Waals surface area contributed by atoms with Crippen molar-refractivity contribution in [2.75, 3.05) is 0 Å². The lowest BCUT2D eigenvalue weighted by atomic mass is 9.79. The molecule has 0 saturated heterocycles. The SMILES string of the molecule is CC(CC(=O)c1ccc(C2CCC2)cc1)CC(C)(C)C. The van der Waals surface area contributed by atoms with Gasteiger partial charge in [0, 0.05) is 12.0 Å². The van der Waals surface area contributed by atoms with Crippen molar-refractivity contribution in [3.05, 3.63) is 35.4 Å². The highest BCUT2D eigenvalue weighted by Crippen LogP contribution is 2.36. The second kappa shape index (κ2) is 6.11. The normalized spacial score (nSPS) is 17.6. The van der Waals surface area contributed by atoms with E-state index >= 15 is 0 Å². The largest absolute Gasteiger partial charge is 0.294 e. The first kappa shape index (κ1) is 15.3. The Morgan fingerprint density at radius 1 is 1.20 bits per heavy atom. The van der Waals surface area contributed by atoms with Gasteiger partial charge in [0.1, 0.15) is 0 Å². The topological polar surface area (TPSA) is 17.1 Å². The molecule has 1 saturated carbocycles. The first-order valence-electron chi connectivity index (χ1n) is 7.98. The minimum absolute atomic E-state index is 0.293. The van der Waals surface area contributed by atoms with Crippen LogP contribution in [0.25, 0.3) is 0 Å². The van der Waals surface area contributed by atoms with E-state index < -0.39 is 0 Å². The number of carbonyl (C=O) groups excluding carboxylic acids is 1. The molecule has 20 heavy (non-hydrogen) atoms. The van der Waals surface area contributed by atoms with Crippen LogP contribution < -0.4 is 0 Å². The summed E-state index contributed by atoms with van der Waals surface area (Å²) < 4.78 is 0. The number of carbonyl (C=O) groups is 1. The van der Waals surface area contributed by atoms with Crippen LogP contribution in [-0.2, 0) is 0 Å². The molecule has 0 amide bonds. The summed E-state index contributed by atoms with van der Waals surface area (Å²) in [5, 5.41) is 0. The fourth-order valence-electron chi connectivity index (χ4n) is 3.23. The molecule has 0 aliphatic heterocycles. The quantitative estimate of drug-likeness (QED) is 0.638. The molecule has 1 nitrogen and oxygen atoms in total. The van der Waals surface area contributed by atoms with Crippen LogP contribution in [-0.4, -0.2) is 5.78 Å². The zero-order valence-corrected chi connectivity index (χ0v) is 13.4. The number of rotatable bonds is 5. The molecular weight excluding hydrogens is 244 g/mol. The second-order valence-electron chi connectivity index (χ2n) is 7.75. The van der Waals surface area contributed by atoms with Gasteiger partial charge >= 0.3 is 0 Å². The summed E-state index contributed by atoms with van der Waals surface area (Å²) in [5.74, 6) is 1.50. The molecule has 0 aromatic heterocycles. The summed E-state index contributed by atoms with van der Waals surface area (Å²) in [5.41, 5.74) is 2.60. The number of hydrogen-bond acceptors (Lipinski definition) is 1. The number of benzene rings is 1. The Kier molecular flexibility index (Phi) is 4.67. The van der Waals surface area contributed by atoms with Gasteiger partial charge in [0.05, 0.1) is 0 Å². The van der Waals surface area contributed by atoms with Crippen molar-refractivity contribution in [1.82, 2.24) is 0 Å². The lowest BCUT2D eigenvalue weighted by Crippen LogP contribution is -2.14. The molecule has 110 valence electrons. The van der Waals surface area contributed by atoms with Gasteiger partial charge in [-0.15, -0.1) is 0 Å². The first-order valence-corrected chi connectivity index (χ1v) is 7.98. The molecule has 1 aromatic carbocycles. The number of Topliss-reactive ketones (excluding diaryl/α,β-unsaturated/α-hetero) is 1. The summed E-state index contributed by atoms with van der Waals surface area (Å²) in [6, 6.07) is 8.37. The van der Waals surface area contributed by atoms with Crippen molar-refractivity contribution >= 4 is 5.78 Å². The molecule has 0 heterocycles. The van der Waals surface area contributed by atoms with E-state index in [1.165, 1.54) is 24.8 Å². The molecule has 1 fully saturated rings. The zero-order valence-electron chi connectivity index (χ0n) is 13.4. The first-order chi connectivity index (χ1) is 9.35. The van der Waals surface area contributed by atoms with Crippen molar-refractivity contribution in [2.45, 2.75) is 65.7 Å². The average molecular weight is 272 g/mol. The molecule has 1 atom stereocenters. The Hall–Kier alpha value is -1.11. The summed E-state index contributed by atoms with van der Waals surface area (Å²) in [7, 11) is 0. The van der Waals surface area contributed by atoms with Crippen molar-refractivity contribution in [2.24, 2.45) is 11.3 Å². The lowest BCUT2D eigenvalue weighted by Gasteiger charge is -2.26. The van der Waals surface area contributed by atoms with Crippen LogP contribution in [0.5, 0.6) is 0 Å².